The summed E-state index contributed by atoms with van der Waals surface area (Å²) in [4.78, 5) is 0. The summed E-state index contributed by atoms with van der Waals surface area (Å²) < 4.78 is 4.28. The molecule has 0 radical (unpaired) electrons. The van der Waals surface area contributed by atoms with Gasteiger partial charge in [-0.25, -0.2) is 0 Å². The number of hydrogen-bond donors (Lipinski definition) is 1. The van der Waals surface area contributed by atoms with E-state index in [-0.39, 0.29) is 0 Å². The molecule has 4 nitrogen and oxygen atoms in total. The molecule has 0 spiro atoms. The minimum absolute atomic E-state index is 0.404. The van der Waals surface area contributed by atoms with Gasteiger partial charge in [-0.3, -0.25) is 4.68 Å². The van der Waals surface area contributed by atoms with Gasteiger partial charge in [0.25, 0.3) is 0 Å². The third kappa shape index (κ3) is 3.47. The van der Waals surface area contributed by atoms with Crippen molar-refractivity contribution < 1.29 is 0 Å². The lowest BCUT2D eigenvalue weighted by Gasteiger charge is -2.17. The number of nitrogens with one attached hydrogen (secondary N) is 1. The van der Waals surface area contributed by atoms with Crippen molar-refractivity contribution in [3.05, 3.63) is 42.0 Å². The Balaban J connectivity index is 1.97. The second-order valence-electron chi connectivity index (χ2n) is 5.00. The summed E-state index contributed by atoms with van der Waals surface area (Å²) in [6.07, 6.45) is 6.20. The van der Waals surface area contributed by atoms with E-state index in [1.54, 1.807) is 0 Å². The zero-order chi connectivity index (χ0) is 13.7. The highest BCUT2D eigenvalue weighted by Crippen LogP contribution is 2.14. The molecule has 0 fully saturated rings. The highest BCUT2D eigenvalue weighted by molar-refractivity contribution is 5.12. The van der Waals surface area contributed by atoms with Gasteiger partial charge in [-0.1, -0.05) is 6.92 Å². The molecule has 0 aliphatic carbocycles. The molecule has 2 heterocycles. The summed E-state index contributed by atoms with van der Waals surface area (Å²) in [6, 6.07) is 6.82. The van der Waals surface area contributed by atoms with Crippen LogP contribution in [0.4, 0.5) is 0 Å². The molecular formula is C15H24N4. The van der Waals surface area contributed by atoms with Crippen LogP contribution >= 0.6 is 0 Å². The van der Waals surface area contributed by atoms with Crippen LogP contribution in [0.15, 0.2) is 30.6 Å². The van der Waals surface area contributed by atoms with Crippen molar-refractivity contribution in [2.24, 2.45) is 7.05 Å². The lowest BCUT2D eigenvalue weighted by atomic mass is 10.2. The predicted octanol–water partition coefficient (Wildman–Crippen LogP) is 2.52. The van der Waals surface area contributed by atoms with Crippen molar-refractivity contribution in [3.63, 3.8) is 0 Å². The van der Waals surface area contributed by atoms with E-state index in [2.05, 4.69) is 53.2 Å². The van der Waals surface area contributed by atoms with Crippen molar-refractivity contribution in [3.8, 4) is 0 Å². The molecular weight excluding hydrogens is 236 g/mol. The normalized spacial score (nSPS) is 12.8. The number of nitrogens with zero attached hydrogens (tertiary/aromatic N) is 3. The lowest BCUT2D eigenvalue weighted by molar-refractivity contribution is 0.520. The SMILES string of the molecule is CCCNC(C)c1cccn1CCc1ccnn1C. The largest absolute Gasteiger partial charge is 0.350 e. The first-order valence-electron chi connectivity index (χ1n) is 7.07. The molecule has 4 heteroatoms. The molecule has 2 aromatic heterocycles. The van der Waals surface area contributed by atoms with Gasteiger partial charge < -0.3 is 9.88 Å². The lowest BCUT2D eigenvalue weighted by Crippen LogP contribution is -2.22. The molecule has 2 aromatic rings. The van der Waals surface area contributed by atoms with Gasteiger partial charge in [0, 0.05) is 49.8 Å². The Morgan fingerprint density at radius 1 is 1.37 bits per heavy atom. The minimum atomic E-state index is 0.404. The van der Waals surface area contributed by atoms with Crippen LogP contribution in [-0.2, 0) is 20.0 Å². The Morgan fingerprint density at radius 2 is 2.21 bits per heavy atom. The fourth-order valence-electron chi connectivity index (χ4n) is 2.37. The van der Waals surface area contributed by atoms with Crippen LogP contribution in [0.3, 0.4) is 0 Å². The Labute approximate surface area is 115 Å². The van der Waals surface area contributed by atoms with Crippen LogP contribution < -0.4 is 5.32 Å². The number of hydrogen-bond acceptors (Lipinski definition) is 2. The molecule has 0 aromatic carbocycles. The summed E-state index contributed by atoms with van der Waals surface area (Å²) in [6.45, 7) is 6.49. The molecule has 0 amide bonds. The van der Waals surface area contributed by atoms with Crippen LogP contribution in [0.25, 0.3) is 0 Å². The van der Waals surface area contributed by atoms with E-state index >= 15 is 0 Å². The van der Waals surface area contributed by atoms with Gasteiger partial charge >= 0.3 is 0 Å². The smallest absolute Gasteiger partial charge is 0.0492 e. The third-order valence-electron chi connectivity index (χ3n) is 3.54. The van der Waals surface area contributed by atoms with Gasteiger partial charge in [0.15, 0.2) is 0 Å². The van der Waals surface area contributed by atoms with Crippen molar-refractivity contribution in [2.75, 3.05) is 6.54 Å². The predicted molar refractivity (Wildman–Crippen MR) is 78.1 cm³/mol. The summed E-state index contributed by atoms with van der Waals surface area (Å²) >= 11 is 0. The van der Waals surface area contributed by atoms with Gasteiger partial charge in [-0.2, -0.15) is 5.10 Å². The molecule has 0 aliphatic heterocycles. The molecule has 1 N–H and O–H groups in total. The van der Waals surface area contributed by atoms with Crippen LogP contribution in [0, 0.1) is 0 Å². The van der Waals surface area contributed by atoms with Gasteiger partial charge in [0.2, 0.25) is 0 Å². The molecule has 0 aliphatic rings. The maximum Gasteiger partial charge on any atom is 0.0492 e. The highest BCUT2D eigenvalue weighted by Gasteiger charge is 2.09. The molecule has 2 rings (SSSR count). The first-order valence-corrected chi connectivity index (χ1v) is 7.07. The highest BCUT2D eigenvalue weighted by atomic mass is 15.3. The van der Waals surface area contributed by atoms with Gasteiger partial charge in [0.05, 0.1) is 0 Å². The summed E-state index contributed by atoms with van der Waals surface area (Å²) in [5, 5.41) is 7.75. The zero-order valence-electron chi connectivity index (χ0n) is 12.1. The fraction of sp³-hybridized carbons (Fsp3) is 0.533. The van der Waals surface area contributed by atoms with Crippen LogP contribution in [-0.4, -0.2) is 20.9 Å². The maximum atomic E-state index is 4.21. The van der Waals surface area contributed by atoms with E-state index in [1.165, 1.54) is 17.8 Å². The van der Waals surface area contributed by atoms with E-state index in [9.17, 15) is 0 Å². The summed E-state index contributed by atoms with van der Waals surface area (Å²) in [5.74, 6) is 0. The van der Waals surface area contributed by atoms with Crippen molar-refractivity contribution in [2.45, 2.75) is 39.3 Å². The molecule has 1 atom stereocenters. The molecule has 104 valence electrons. The first kappa shape index (κ1) is 13.9. The summed E-state index contributed by atoms with van der Waals surface area (Å²) in [5.41, 5.74) is 2.63. The Hall–Kier alpha value is -1.55. The standard InChI is InChI=1S/C15H24N4/c1-4-9-16-13(2)15-6-5-11-19(15)12-8-14-7-10-17-18(14)3/h5-7,10-11,13,16H,4,8-9,12H2,1-3H3. The van der Waals surface area contributed by atoms with Crippen LogP contribution in [0.2, 0.25) is 0 Å². The van der Waals surface area contributed by atoms with Crippen LogP contribution in [0.1, 0.15) is 37.7 Å². The number of rotatable bonds is 7. The zero-order valence-corrected chi connectivity index (χ0v) is 12.1. The second-order valence-corrected chi connectivity index (χ2v) is 5.00. The quantitative estimate of drug-likeness (QED) is 0.830. The molecule has 1 unspecified atom stereocenters. The van der Waals surface area contributed by atoms with E-state index < -0.39 is 0 Å². The minimum Gasteiger partial charge on any atom is -0.350 e. The van der Waals surface area contributed by atoms with Gasteiger partial charge in [-0.15, -0.1) is 0 Å². The Morgan fingerprint density at radius 3 is 2.89 bits per heavy atom. The number of aryl methyl sites for hydroxylation is 3. The molecule has 0 bridgehead atoms. The maximum absolute atomic E-state index is 4.21. The molecule has 19 heavy (non-hydrogen) atoms. The topological polar surface area (TPSA) is 34.8 Å². The summed E-state index contributed by atoms with van der Waals surface area (Å²) in [7, 11) is 2.00. The first-order chi connectivity index (χ1) is 9.22. The Kier molecular flexibility index (Phi) is 4.80. The van der Waals surface area contributed by atoms with Crippen LogP contribution in [0.5, 0.6) is 0 Å². The van der Waals surface area contributed by atoms with E-state index in [1.807, 2.05) is 17.9 Å². The van der Waals surface area contributed by atoms with E-state index in [0.29, 0.717) is 6.04 Å². The van der Waals surface area contributed by atoms with E-state index in [4.69, 9.17) is 0 Å². The van der Waals surface area contributed by atoms with Crippen molar-refractivity contribution in [1.82, 2.24) is 19.7 Å². The van der Waals surface area contributed by atoms with Crippen molar-refractivity contribution in [1.29, 1.82) is 0 Å². The third-order valence-corrected chi connectivity index (χ3v) is 3.54. The van der Waals surface area contributed by atoms with Gasteiger partial charge in [-0.05, 0) is 38.1 Å². The van der Waals surface area contributed by atoms with Crippen molar-refractivity contribution >= 4 is 0 Å². The second kappa shape index (κ2) is 6.57. The monoisotopic (exact) mass is 260 g/mol. The Bertz CT molecular complexity index is 498. The van der Waals surface area contributed by atoms with E-state index in [0.717, 1.165) is 19.5 Å². The number of aromatic nitrogens is 3. The average Bonchev–Trinajstić information content (AvgIpc) is 3.02. The van der Waals surface area contributed by atoms with Gasteiger partial charge in [0.1, 0.15) is 0 Å². The fourth-order valence-corrected chi connectivity index (χ4v) is 2.37. The molecule has 0 saturated carbocycles. The molecule has 0 saturated heterocycles. The average molecular weight is 260 g/mol.